The summed E-state index contributed by atoms with van der Waals surface area (Å²) in [5.74, 6) is 1.36. The third-order valence-electron chi connectivity index (χ3n) is 6.21. The third-order valence-corrected chi connectivity index (χ3v) is 6.21. The molecule has 0 radical (unpaired) electrons. The Balaban J connectivity index is 1.21. The van der Waals surface area contributed by atoms with Crippen molar-refractivity contribution in [1.29, 1.82) is 0 Å². The first-order chi connectivity index (χ1) is 15.7. The molecule has 2 aromatic carbocycles. The van der Waals surface area contributed by atoms with Crippen LogP contribution in [0.15, 0.2) is 73.2 Å². The van der Waals surface area contributed by atoms with Gasteiger partial charge in [-0.15, -0.1) is 0 Å². The molecule has 3 heterocycles. The predicted octanol–water partition coefficient (Wildman–Crippen LogP) is 4.78. The Bertz CT molecular complexity index is 1250. The van der Waals surface area contributed by atoms with Crippen molar-refractivity contribution in [3.63, 3.8) is 0 Å². The number of likely N-dealkylation sites (tertiary alicyclic amines) is 1. The quantitative estimate of drug-likeness (QED) is 0.467. The summed E-state index contributed by atoms with van der Waals surface area (Å²) in [5.41, 5.74) is 4.34. The van der Waals surface area contributed by atoms with E-state index in [1.165, 1.54) is 10.9 Å². The second-order valence-electron chi connectivity index (χ2n) is 8.14. The van der Waals surface area contributed by atoms with Gasteiger partial charge in [0.2, 0.25) is 5.91 Å². The van der Waals surface area contributed by atoms with Crippen molar-refractivity contribution in [2.45, 2.75) is 18.8 Å². The number of H-pyrrole nitrogens is 1. The molecule has 1 aliphatic rings. The van der Waals surface area contributed by atoms with Crippen LogP contribution >= 0.6 is 0 Å². The van der Waals surface area contributed by atoms with Crippen LogP contribution in [0.1, 0.15) is 29.9 Å². The van der Waals surface area contributed by atoms with E-state index in [1.54, 1.807) is 19.4 Å². The minimum Gasteiger partial charge on any atom is -0.497 e. The maximum absolute atomic E-state index is 12.7. The summed E-state index contributed by atoms with van der Waals surface area (Å²) in [6.07, 6.45) is 11.2. The maximum atomic E-state index is 12.7. The number of piperidine rings is 1. The molecule has 6 nitrogen and oxygen atoms in total. The summed E-state index contributed by atoms with van der Waals surface area (Å²) >= 11 is 0. The number of hydrogen-bond donors (Lipinski definition) is 1. The Labute approximate surface area is 187 Å². The number of aromatic amines is 1. The van der Waals surface area contributed by atoms with Gasteiger partial charge >= 0.3 is 0 Å². The van der Waals surface area contributed by atoms with Gasteiger partial charge in [0.05, 0.1) is 19.0 Å². The number of ether oxygens (including phenoxy) is 1. The Morgan fingerprint density at radius 3 is 2.75 bits per heavy atom. The standard InChI is InChI=1S/C26H26N4O2/c1-32-22-8-9-25-23(15-22)24(17-27-25)20-11-13-29(14-12-20)26(31)10-7-19-16-28-30(18-19)21-5-3-2-4-6-21/h2-10,15-18,20,27H,11-14H2,1H3/b10-7+. The Morgan fingerprint density at radius 1 is 1.16 bits per heavy atom. The van der Waals surface area contributed by atoms with Crippen LogP contribution in [0.25, 0.3) is 22.7 Å². The van der Waals surface area contributed by atoms with Gasteiger partial charge in [0.15, 0.2) is 0 Å². The fourth-order valence-corrected chi connectivity index (χ4v) is 4.41. The van der Waals surface area contributed by atoms with E-state index in [1.807, 2.05) is 58.3 Å². The monoisotopic (exact) mass is 426 g/mol. The van der Waals surface area contributed by atoms with Crippen molar-refractivity contribution in [2.75, 3.05) is 20.2 Å². The molecule has 1 N–H and O–H groups in total. The first kappa shape index (κ1) is 20.1. The predicted molar refractivity (Wildman–Crippen MR) is 126 cm³/mol. The average molecular weight is 427 g/mol. The maximum Gasteiger partial charge on any atom is 0.246 e. The molecule has 0 atom stereocenters. The summed E-state index contributed by atoms with van der Waals surface area (Å²) in [4.78, 5) is 18.0. The molecule has 4 aromatic rings. The number of carbonyl (C=O) groups is 1. The van der Waals surface area contributed by atoms with E-state index in [2.05, 4.69) is 28.4 Å². The van der Waals surface area contributed by atoms with Crippen molar-refractivity contribution in [3.8, 4) is 11.4 Å². The fraction of sp³-hybridized carbons (Fsp3) is 0.231. The molecule has 1 aliphatic heterocycles. The molecule has 162 valence electrons. The molecule has 2 aromatic heterocycles. The molecule has 6 heteroatoms. The van der Waals surface area contributed by atoms with Gasteiger partial charge in [-0.3, -0.25) is 4.79 Å². The second-order valence-corrected chi connectivity index (χ2v) is 8.14. The van der Waals surface area contributed by atoms with Gasteiger partial charge in [0.1, 0.15) is 5.75 Å². The number of nitrogens with one attached hydrogen (secondary N) is 1. The highest BCUT2D eigenvalue weighted by molar-refractivity contribution is 5.92. The average Bonchev–Trinajstić information content (AvgIpc) is 3.50. The number of aromatic nitrogens is 3. The number of rotatable bonds is 5. The van der Waals surface area contributed by atoms with Gasteiger partial charge < -0.3 is 14.6 Å². The lowest BCUT2D eigenvalue weighted by Crippen LogP contribution is -2.36. The first-order valence-electron chi connectivity index (χ1n) is 10.9. The van der Waals surface area contributed by atoms with Crippen molar-refractivity contribution >= 4 is 22.9 Å². The molecule has 1 fully saturated rings. The lowest BCUT2D eigenvalue weighted by atomic mass is 9.89. The van der Waals surface area contributed by atoms with Crippen molar-refractivity contribution in [1.82, 2.24) is 19.7 Å². The van der Waals surface area contributed by atoms with E-state index in [4.69, 9.17) is 4.74 Å². The summed E-state index contributed by atoms with van der Waals surface area (Å²) in [6, 6.07) is 16.1. The van der Waals surface area contributed by atoms with E-state index in [0.717, 1.165) is 48.4 Å². The number of amides is 1. The zero-order chi connectivity index (χ0) is 21.9. The Morgan fingerprint density at radius 2 is 1.97 bits per heavy atom. The largest absolute Gasteiger partial charge is 0.497 e. The van der Waals surface area contributed by atoms with E-state index < -0.39 is 0 Å². The van der Waals surface area contributed by atoms with Crippen LogP contribution in [-0.4, -0.2) is 45.8 Å². The zero-order valence-electron chi connectivity index (χ0n) is 18.1. The van der Waals surface area contributed by atoms with Crippen molar-refractivity contribution < 1.29 is 9.53 Å². The molecule has 0 unspecified atom stereocenters. The highest BCUT2D eigenvalue weighted by atomic mass is 16.5. The van der Waals surface area contributed by atoms with Gasteiger partial charge in [-0.25, -0.2) is 4.68 Å². The number of para-hydroxylation sites is 1. The minimum absolute atomic E-state index is 0.0523. The highest BCUT2D eigenvalue weighted by Crippen LogP contribution is 2.34. The lowest BCUT2D eigenvalue weighted by Gasteiger charge is -2.31. The summed E-state index contributed by atoms with van der Waals surface area (Å²) < 4.78 is 7.20. The molecule has 1 amide bonds. The molecule has 1 saturated heterocycles. The highest BCUT2D eigenvalue weighted by Gasteiger charge is 2.24. The van der Waals surface area contributed by atoms with E-state index in [9.17, 15) is 4.79 Å². The number of hydrogen-bond acceptors (Lipinski definition) is 3. The van der Waals surface area contributed by atoms with Crippen LogP contribution in [0.4, 0.5) is 0 Å². The van der Waals surface area contributed by atoms with Gasteiger partial charge in [-0.1, -0.05) is 18.2 Å². The van der Waals surface area contributed by atoms with Gasteiger partial charge in [0.25, 0.3) is 0 Å². The van der Waals surface area contributed by atoms with Crippen LogP contribution in [0.5, 0.6) is 5.75 Å². The molecule has 0 saturated carbocycles. The minimum atomic E-state index is 0.0523. The van der Waals surface area contributed by atoms with E-state index in [-0.39, 0.29) is 5.91 Å². The fourth-order valence-electron chi connectivity index (χ4n) is 4.41. The molecular formula is C26H26N4O2. The van der Waals surface area contributed by atoms with Gasteiger partial charge in [-0.2, -0.15) is 5.10 Å². The smallest absolute Gasteiger partial charge is 0.246 e. The molecule has 0 bridgehead atoms. The van der Waals surface area contributed by atoms with Gasteiger partial charge in [-0.05, 0) is 60.7 Å². The number of fused-ring (bicyclic) bond motifs is 1. The topological polar surface area (TPSA) is 63.1 Å². The van der Waals surface area contributed by atoms with Crippen LogP contribution in [0, 0.1) is 0 Å². The van der Waals surface area contributed by atoms with Crippen LogP contribution in [0.3, 0.4) is 0 Å². The lowest BCUT2D eigenvalue weighted by molar-refractivity contribution is -0.126. The van der Waals surface area contributed by atoms with E-state index in [0.29, 0.717) is 5.92 Å². The Hall–Kier alpha value is -3.80. The van der Waals surface area contributed by atoms with Crippen LogP contribution < -0.4 is 4.74 Å². The van der Waals surface area contributed by atoms with Crippen LogP contribution in [0.2, 0.25) is 0 Å². The van der Waals surface area contributed by atoms with Crippen molar-refractivity contribution in [3.05, 3.63) is 84.3 Å². The van der Waals surface area contributed by atoms with Gasteiger partial charge in [0, 0.05) is 48.0 Å². The number of nitrogens with zero attached hydrogens (tertiary/aromatic N) is 3. The number of benzene rings is 2. The van der Waals surface area contributed by atoms with Crippen LogP contribution in [-0.2, 0) is 4.79 Å². The normalized spacial score (nSPS) is 15.0. The molecule has 32 heavy (non-hydrogen) atoms. The molecule has 5 rings (SSSR count). The Kier molecular flexibility index (Phi) is 5.50. The summed E-state index contributed by atoms with van der Waals surface area (Å²) in [6.45, 7) is 1.52. The summed E-state index contributed by atoms with van der Waals surface area (Å²) in [7, 11) is 1.69. The molecule has 0 spiro atoms. The SMILES string of the molecule is COc1ccc2[nH]cc(C3CCN(C(=O)/C=C/c4cnn(-c5ccccc5)c4)CC3)c2c1. The number of carbonyl (C=O) groups excluding carboxylic acids is 1. The zero-order valence-corrected chi connectivity index (χ0v) is 18.1. The van der Waals surface area contributed by atoms with E-state index >= 15 is 0 Å². The van der Waals surface area contributed by atoms with Crippen molar-refractivity contribution in [2.24, 2.45) is 0 Å². The second kappa shape index (κ2) is 8.75. The first-order valence-corrected chi connectivity index (χ1v) is 10.9. The number of methoxy groups -OCH3 is 1. The summed E-state index contributed by atoms with van der Waals surface area (Å²) in [5, 5.41) is 5.59. The molecule has 0 aliphatic carbocycles. The molecular weight excluding hydrogens is 400 g/mol. The third kappa shape index (κ3) is 4.04.